The van der Waals surface area contributed by atoms with Gasteiger partial charge in [-0.1, -0.05) is 30.3 Å². The molecule has 0 unspecified atom stereocenters. The zero-order valence-electron chi connectivity index (χ0n) is 14.2. The Morgan fingerprint density at radius 1 is 1.15 bits per heavy atom. The number of aromatic nitrogens is 2. The summed E-state index contributed by atoms with van der Waals surface area (Å²) in [6, 6.07) is 15.8. The minimum absolute atomic E-state index is 0.250. The van der Waals surface area contributed by atoms with Crippen LogP contribution in [0.15, 0.2) is 70.1 Å². The predicted molar refractivity (Wildman–Crippen MR) is 102 cm³/mol. The van der Waals surface area contributed by atoms with E-state index in [0.29, 0.717) is 22.8 Å². The van der Waals surface area contributed by atoms with Crippen LogP contribution in [0.3, 0.4) is 0 Å². The molecule has 0 bridgehead atoms. The summed E-state index contributed by atoms with van der Waals surface area (Å²) in [5.41, 5.74) is 2.18. The molecule has 0 aliphatic carbocycles. The number of carbonyl (C=O) groups is 1. The number of amides is 1. The molecule has 0 fully saturated rings. The van der Waals surface area contributed by atoms with E-state index in [2.05, 4.69) is 15.5 Å². The molecule has 4 aromatic rings. The molecule has 0 aliphatic heterocycles. The van der Waals surface area contributed by atoms with E-state index in [0.717, 1.165) is 16.6 Å². The molecule has 7 heteroatoms. The Hall–Kier alpha value is -3.06. The Kier molecular flexibility index (Phi) is 4.93. The first-order valence-electron chi connectivity index (χ1n) is 8.36. The van der Waals surface area contributed by atoms with Crippen LogP contribution < -0.4 is 5.32 Å². The van der Waals surface area contributed by atoms with Crippen LogP contribution in [0.1, 0.15) is 21.8 Å². The maximum absolute atomic E-state index is 13.9. The van der Waals surface area contributed by atoms with Gasteiger partial charge < -0.3 is 9.73 Å². The number of aromatic amines is 1. The van der Waals surface area contributed by atoms with E-state index >= 15 is 0 Å². The van der Waals surface area contributed by atoms with Crippen molar-refractivity contribution in [1.29, 1.82) is 0 Å². The average molecular weight is 381 g/mol. The van der Waals surface area contributed by atoms with Crippen molar-refractivity contribution in [1.82, 2.24) is 15.5 Å². The number of benzene rings is 2. The van der Waals surface area contributed by atoms with Gasteiger partial charge in [-0.15, -0.1) is 11.8 Å². The number of fused-ring (bicyclic) bond motifs is 1. The highest BCUT2D eigenvalue weighted by Gasteiger charge is 2.21. The largest absolute Gasteiger partial charge is 0.451 e. The number of nitrogens with zero attached hydrogens (tertiary/aromatic N) is 1. The number of rotatable bonds is 6. The highest BCUT2D eigenvalue weighted by Crippen LogP contribution is 2.33. The minimum Gasteiger partial charge on any atom is -0.451 e. The number of nitrogens with one attached hydrogen (secondary N) is 2. The summed E-state index contributed by atoms with van der Waals surface area (Å²) in [6.07, 6.45) is 1.62. The molecule has 2 heterocycles. The van der Waals surface area contributed by atoms with Crippen LogP contribution in [0, 0.1) is 5.82 Å². The molecule has 0 atom stereocenters. The normalized spacial score (nSPS) is 11.0. The van der Waals surface area contributed by atoms with E-state index in [4.69, 9.17) is 4.42 Å². The van der Waals surface area contributed by atoms with Crippen LogP contribution in [0.5, 0.6) is 0 Å². The van der Waals surface area contributed by atoms with E-state index in [1.165, 1.54) is 17.8 Å². The molecule has 0 spiro atoms. The smallest absolute Gasteiger partial charge is 0.287 e. The zero-order chi connectivity index (χ0) is 18.6. The molecule has 136 valence electrons. The lowest BCUT2D eigenvalue weighted by Crippen LogP contribution is -2.23. The molecule has 2 aromatic carbocycles. The van der Waals surface area contributed by atoms with Crippen LogP contribution in [0.25, 0.3) is 11.0 Å². The molecular formula is C20H16FN3O2S. The summed E-state index contributed by atoms with van der Waals surface area (Å²) < 4.78 is 19.7. The molecule has 0 saturated carbocycles. The van der Waals surface area contributed by atoms with Gasteiger partial charge in [-0.25, -0.2) is 4.39 Å². The fraction of sp³-hybridized carbons (Fsp3) is 0.100. The molecule has 0 radical (unpaired) electrons. The van der Waals surface area contributed by atoms with Gasteiger partial charge in [0.05, 0.1) is 12.2 Å². The van der Waals surface area contributed by atoms with Crippen molar-refractivity contribution in [3.63, 3.8) is 0 Å². The number of hydrogen-bond donors (Lipinski definition) is 2. The van der Waals surface area contributed by atoms with Gasteiger partial charge in [-0.2, -0.15) is 5.10 Å². The maximum Gasteiger partial charge on any atom is 0.287 e. The SMILES string of the molecule is O=C(NCc1ccn[nH]1)c1oc2ccccc2c1CSc1ccccc1F. The lowest BCUT2D eigenvalue weighted by Gasteiger charge is -2.05. The van der Waals surface area contributed by atoms with Crippen LogP contribution in [0.4, 0.5) is 4.39 Å². The lowest BCUT2D eigenvalue weighted by atomic mass is 10.1. The molecule has 1 amide bonds. The topological polar surface area (TPSA) is 70.9 Å². The van der Waals surface area contributed by atoms with Crippen LogP contribution in [0.2, 0.25) is 0 Å². The second kappa shape index (κ2) is 7.67. The molecule has 27 heavy (non-hydrogen) atoms. The maximum atomic E-state index is 13.9. The number of thioether (sulfide) groups is 1. The Morgan fingerprint density at radius 2 is 1.96 bits per heavy atom. The van der Waals surface area contributed by atoms with Gasteiger partial charge in [-0.05, 0) is 24.3 Å². The third-order valence-electron chi connectivity index (χ3n) is 4.11. The fourth-order valence-corrected chi connectivity index (χ4v) is 3.74. The third kappa shape index (κ3) is 3.73. The van der Waals surface area contributed by atoms with Crippen LogP contribution >= 0.6 is 11.8 Å². The van der Waals surface area contributed by atoms with Crippen molar-refractivity contribution in [2.75, 3.05) is 0 Å². The zero-order valence-corrected chi connectivity index (χ0v) is 15.1. The first-order chi connectivity index (χ1) is 13.2. The summed E-state index contributed by atoms with van der Waals surface area (Å²) in [7, 11) is 0. The third-order valence-corrected chi connectivity index (χ3v) is 5.19. The minimum atomic E-state index is -0.315. The summed E-state index contributed by atoms with van der Waals surface area (Å²) in [5.74, 6) is 0.0788. The van der Waals surface area contributed by atoms with Crippen molar-refractivity contribution in [3.05, 3.63) is 83.6 Å². The number of halogens is 1. The fourth-order valence-electron chi connectivity index (χ4n) is 2.78. The number of H-pyrrole nitrogens is 1. The first-order valence-corrected chi connectivity index (χ1v) is 9.35. The molecule has 5 nitrogen and oxygen atoms in total. The van der Waals surface area contributed by atoms with Gasteiger partial charge in [0.1, 0.15) is 11.4 Å². The van der Waals surface area contributed by atoms with Gasteiger partial charge in [-0.3, -0.25) is 9.89 Å². The average Bonchev–Trinajstić information content (AvgIpc) is 3.33. The van der Waals surface area contributed by atoms with Crippen molar-refractivity contribution in [2.24, 2.45) is 0 Å². The van der Waals surface area contributed by atoms with E-state index in [1.54, 1.807) is 30.5 Å². The van der Waals surface area contributed by atoms with Gasteiger partial charge in [0.25, 0.3) is 5.91 Å². The predicted octanol–water partition coefficient (Wildman–Crippen LogP) is 4.52. The van der Waals surface area contributed by atoms with Gasteiger partial charge in [0, 0.05) is 27.8 Å². The Bertz CT molecular complexity index is 1080. The van der Waals surface area contributed by atoms with Crippen molar-refractivity contribution in [3.8, 4) is 0 Å². The summed E-state index contributed by atoms with van der Waals surface area (Å²) in [6.45, 7) is 0.315. The Labute approximate surface area is 159 Å². The van der Waals surface area contributed by atoms with Gasteiger partial charge in [0.15, 0.2) is 5.76 Å². The highest BCUT2D eigenvalue weighted by atomic mass is 32.2. The molecule has 2 aromatic heterocycles. The number of carbonyl (C=O) groups excluding carboxylic acids is 1. The number of furan rings is 1. The van der Waals surface area contributed by atoms with Crippen molar-refractivity contribution in [2.45, 2.75) is 17.2 Å². The monoisotopic (exact) mass is 381 g/mol. The number of para-hydroxylation sites is 1. The standard InChI is InChI=1S/C20H16FN3O2S/c21-16-6-2-4-8-18(16)27-12-15-14-5-1-3-7-17(14)26-19(15)20(25)22-11-13-9-10-23-24-13/h1-10H,11-12H2,(H,22,25)(H,23,24). The second-order valence-corrected chi connectivity index (χ2v) is 6.91. The van der Waals surface area contributed by atoms with Crippen LogP contribution in [-0.4, -0.2) is 16.1 Å². The first kappa shape index (κ1) is 17.4. The summed E-state index contributed by atoms with van der Waals surface area (Å²) in [5, 5.41) is 10.3. The Morgan fingerprint density at radius 3 is 2.78 bits per heavy atom. The van der Waals surface area contributed by atoms with E-state index in [-0.39, 0.29) is 17.5 Å². The second-order valence-electron chi connectivity index (χ2n) is 5.89. The van der Waals surface area contributed by atoms with Crippen molar-refractivity contribution < 1.29 is 13.6 Å². The summed E-state index contributed by atoms with van der Waals surface area (Å²) >= 11 is 1.34. The number of hydrogen-bond acceptors (Lipinski definition) is 4. The van der Waals surface area contributed by atoms with Gasteiger partial charge >= 0.3 is 0 Å². The van der Waals surface area contributed by atoms with E-state index in [1.807, 2.05) is 24.3 Å². The van der Waals surface area contributed by atoms with Gasteiger partial charge in [0.2, 0.25) is 0 Å². The lowest BCUT2D eigenvalue weighted by molar-refractivity contribution is 0.0924. The van der Waals surface area contributed by atoms with Crippen molar-refractivity contribution >= 4 is 28.6 Å². The molecular weight excluding hydrogens is 365 g/mol. The molecule has 4 rings (SSSR count). The molecule has 0 saturated heterocycles. The van der Waals surface area contributed by atoms with E-state index < -0.39 is 0 Å². The Balaban J connectivity index is 1.60. The summed E-state index contributed by atoms with van der Waals surface area (Å²) in [4.78, 5) is 13.2. The quantitative estimate of drug-likeness (QED) is 0.482. The molecule has 2 N–H and O–H groups in total. The molecule has 0 aliphatic rings. The van der Waals surface area contributed by atoms with Crippen LogP contribution in [-0.2, 0) is 12.3 Å². The highest BCUT2D eigenvalue weighted by molar-refractivity contribution is 7.98. The van der Waals surface area contributed by atoms with E-state index in [9.17, 15) is 9.18 Å².